The Labute approximate surface area is 112 Å². The van der Waals surface area contributed by atoms with Gasteiger partial charge in [-0.05, 0) is 30.0 Å². The van der Waals surface area contributed by atoms with Crippen molar-refractivity contribution in [1.82, 2.24) is 10.3 Å². The highest BCUT2D eigenvalue weighted by atomic mass is 16.2. The average Bonchev–Trinajstić information content (AvgIpc) is 3.28. The number of benzene rings is 1. The lowest BCUT2D eigenvalue weighted by Gasteiger charge is -2.15. The zero-order valence-electron chi connectivity index (χ0n) is 10.7. The van der Waals surface area contributed by atoms with Gasteiger partial charge in [0, 0.05) is 18.9 Å². The summed E-state index contributed by atoms with van der Waals surface area (Å²) in [5.41, 5.74) is 1.86. The minimum atomic E-state index is -0.288. The van der Waals surface area contributed by atoms with Crippen LogP contribution in [0.4, 0.5) is 0 Å². The Kier molecular flexibility index (Phi) is 3.03. The van der Waals surface area contributed by atoms with Crippen LogP contribution in [0.25, 0.3) is 0 Å². The fourth-order valence-corrected chi connectivity index (χ4v) is 2.38. The molecule has 0 saturated heterocycles. The van der Waals surface area contributed by atoms with Gasteiger partial charge in [-0.25, -0.2) is 0 Å². The Balaban J connectivity index is 1.68. The van der Waals surface area contributed by atoms with Gasteiger partial charge in [-0.15, -0.1) is 0 Å². The minimum Gasteiger partial charge on any atom is -0.351 e. The van der Waals surface area contributed by atoms with E-state index in [0.717, 1.165) is 24.0 Å². The summed E-state index contributed by atoms with van der Waals surface area (Å²) in [5.74, 6) is 0.127. The molecule has 0 radical (unpaired) electrons. The van der Waals surface area contributed by atoms with Gasteiger partial charge in [0.05, 0.1) is 5.41 Å². The zero-order chi connectivity index (χ0) is 13.1. The maximum atomic E-state index is 12.4. The third-order valence-corrected chi connectivity index (χ3v) is 3.69. The lowest BCUT2D eigenvalue weighted by molar-refractivity contribution is -0.123. The number of nitrogens with zero attached hydrogens (tertiary/aromatic N) is 1. The zero-order valence-corrected chi connectivity index (χ0v) is 10.7. The molecule has 0 bridgehead atoms. The predicted octanol–water partition coefficient (Wildman–Crippen LogP) is 2.43. The first-order valence-electron chi connectivity index (χ1n) is 6.54. The topological polar surface area (TPSA) is 42.0 Å². The Bertz CT molecular complexity index is 562. The van der Waals surface area contributed by atoms with E-state index in [1.54, 1.807) is 12.4 Å². The van der Waals surface area contributed by atoms with E-state index >= 15 is 0 Å². The summed E-state index contributed by atoms with van der Waals surface area (Å²) in [6, 6.07) is 13.9. The summed E-state index contributed by atoms with van der Waals surface area (Å²) in [6.07, 6.45) is 5.39. The molecule has 1 saturated carbocycles. The maximum absolute atomic E-state index is 12.4. The van der Waals surface area contributed by atoms with E-state index < -0.39 is 0 Å². The largest absolute Gasteiger partial charge is 0.351 e. The first kappa shape index (κ1) is 11.9. The van der Waals surface area contributed by atoms with Crippen molar-refractivity contribution < 1.29 is 4.79 Å². The van der Waals surface area contributed by atoms with Gasteiger partial charge in [-0.1, -0.05) is 36.4 Å². The van der Waals surface area contributed by atoms with Gasteiger partial charge in [0.15, 0.2) is 0 Å². The number of carbonyl (C=O) groups is 1. The fourth-order valence-electron chi connectivity index (χ4n) is 2.38. The number of nitrogens with one attached hydrogen (secondary N) is 1. The number of amides is 1. The van der Waals surface area contributed by atoms with Crippen molar-refractivity contribution >= 4 is 5.91 Å². The van der Waals surface area contributed by atoms with E-state index in [9.17, 15) is 4.79 Å². The third kappa shape index (κ3) is 2.36. The highest BCUT2D eigenvalue weighted by Gasteiger charge is 2.50. The Morgan fingerprint density at radius 3 is 2.58 bits per heavy atom. The van der Waals surface area contributed by atoms with E-state index in [2.05, 4.69) is 10.3 Å². The second-order valence-corrected chi connectivity index (χ2v) is 4.99. The second-order valence-electron chi connectivity index (χ2n) is 4.99. The summed E-state index contributed by atoms with van der Waals surface area (Å²) in [7, 11) is 0. The molecule has 0 atom stereocenters. The van der Waals surface area contributed by atoms with Crippen LogP contribution in [0.5, 0.6) is 0 Å². The number of aromatic nitrogens is 1. The summed E-state index contributed by atoms with van der Waals surface area (Å²) in [4.78, 5) is 16.4. The van der Waals surface area contributed by atoms with Gasteiger partial charge in [-0.3, -0.25) is 9.78 Å². The van der Waals surface area contributed by atoms with E-state index in [1.807, 2.05) is 42.5 Å². The quantitative estimate of drug-likeness (QED) is 0.908. The second kappa shape index (κ2) is 4.84. The molecule has 1 aromatic heterocycles. The molecule has 3 rings (SSSR count). The summed E-state index contributed by atoms with van der Waals surface area (Å²) in [6.45, 7) is 0.543. The minimum absolute atomic E-state index is 0.127. The Morgan fingerprint density at radius 1 is 1.16 bits per heavy atom. The van der Waals surface area contributed by atoms with Crippen LogP contribution in [0.1, 0.15) is 24.0 Å². The fraction of sp³-hybridized carbons (Fsp3) is 0.250. The molecule has 1 aliphatic rings. The van der Waals surface area contributed by atoms with Crippen LogP contribution >= 0.6 is 0 Å². The molecule has 3 nitrogen and oxygen atoms in total. The maximum Gasteiger partial charge on any atom is 0.230 e. The number of rotatable bonds is 4. The molecule has 1 heterocycles. The van der Waals surface area contributed by atoms with E-state index in [1.165, 1.54) is 0 Å². The van der Waals surface area contributed by atoms with Crippen molar-refractivity contribution in [1.29, 1.82) is 0 Å². The van der Waals surface area contributed by atoms with Crippen LogP contribution in [0, 0.1) is 0 Å². The van der Waals surface area contributed by atoms with Gasteiger partial charge in [-0.2, -0.15) is 0 Å². The summed E-state index contributed by atoms with van der Waals surface area (Å²) < 4.78 is 0. The highest BCUT2D eigenvalue weighted by molar-refractivity contribution is 5.91. The van der Waals surface area contributed by atoms with Crippen LogP contribution < -0.4 is 5.32 Å². The molecule has 0 spiro atoms. The van der Waals surface area contributed by atoms with Gasteiger partial charge in [0.2, 0.25) is 5.91 Å². The molecular weight excluding hydrogens is 236 g/mol. The molecule has 96 valence electrons. The van der Waals surface area contributed by atoms with Crippen LogP contribution in [0.15, 0.2) is 54.9 Å². The summed E-state index contributed by atoms with van der Waals surface area (Å²) >= 11 is 0. The average molecular weight is 252 g/mol. The van der Waals surface area contributed by atoms with Gasteiger partial charge in [0.25, 0.3) is 0 Å². The monoisotopic (exact) mass is 252 g/mol. The molecule has 1 N–H and O–H groups in total. The van der Waals surface area contributed by atoms with Crippen LogP contribution in [-0.2, 0) is 16.8 Å². The first-order chi connectivity index (χ1) is 9.31. The predicted molar refractivity (Wildman–Crippen MR) is 73.4 cm³/mol. The lowest BCUT2D eigenvalue weighted by atomic mass is 9.95. The van der Waals surface area contributed by atoms with Gasteiger partial charge in [0.1, 0.15) is 0 Å². The molecule has 19 heavy (non-hydrogen) atoms. The molecule has 0 unspecified atom stereocenters. The van der Waals surface area contributed by atoms with E-state index in [0.29, 0.717) is 6.54 Å². The third-order valence-electron chi connectivity index (χ3n) is 3.69. The van der Waals surface area contributed by atoms with Crippen LogP contribution in [0.2, 0.25) is 0 Å². The van der Waals surface area contributed by atoms with Crippen molar-refractivity contribution in [2.24, 2.45) is 0 Å². The number of pyridine rings is 1. The smallest absolute Gasteiger partial charge is 0.230 e. The van der Waals surface area contributed by atoms with Crippen LogP contribution in [0.3, 0.4) is 0 Å². The normalized spacial score (nSPS) is 15.8. The Hall–Kier alpha value is -2.16. The molecule has 1 fully saturated rings. The van der Waals surface area contributed by atoms with Crippen molar-refractivity contribution in [3.8, 4) is 0 Å². The lowest BCUT2D eigenvalue weighted by Crippen LogP contribution is -2.34. The van der Waals surface area contributed by atoms with Crippen molar-refractivity contribution in [2.75, 3.05) is 0 Å². The molecule has 1 aliphatic carbocycles. The number of carbonyl (C=O) groups excluding carboxylic acids is 1. The van der Waals surface area contributed by atoms with E-state index in [4.69, 9.17) is 0 Å². The molecule has 0 aliphatic heterocycles. The van der Waals surface area contributed by atoms with Crippen LogP contribution in [-0.4, -0.2) is 10.9 Å². The number of hydrogen-bond acceptors (Lipinski definition) is 2. The standard InChI is InChI=1S/C16H16N2O/c19-15(18-12-13-5-4-10-17-11-13)16(8-9-16)14-6-2-1-3-7-14/h1-7,10-11H,8-9,12H2,(H,18,19). The van der Waals surface area contributed by atoms with Crippen molar-refractivity contribution in [3.05, 3.63) is 66.0 Å². The SMILES string of the molecule is O=C(NCc1cccnc1)C1(c2ccccc2)CC1. The summed E-state index contributed by atoms with van der Waals surface area (Å²) in [5, 5.41) is 3.02. The van der Waals surface area contributed by atoms with Gasteiger partial charge >= 0.3 is 0 Å². The molecule has 1 aromatic carbocycles. The first-order valence-corrected chi connectivity index (χ1v) is 6.54. The molecule has 2 aromatic rings. The number of hydrogen-bond donors (Lipinski definition) is 1. The van der Waals surface area contributed by atoms with Crippen molar-refractivity contribution in [3.63, 3.8) is 0 Å². The highest BCUT2D eigenvalue weighted by Crippen LogP contribution is 2.48. The van der Waals surface area contributed by atoms with E-state index in [-0.39, 0.29) is 11.3 Å². The molecule has 1 amide bonds. The Morgan fingerprint density at radius 2 is 1.95 bits per heavy atom. The molecular formula is C16H16N2O. The van der Waals surface area contributed by atoms with Crippen molar-refractivity contribution in [2.45, 2.75) is 24.8 Å². The van der Waals surface area contributed by atoms with Gasteiger partial charge < -0.3 is 5.32 Å². The molecule has 3 heteroatoms.